The van der Waals surface area contributed by atoms with Gasteiger partial charge in [0.15, 0.2) is 0 Å². The monoisotopic (exact) mass is 269 g/mol. The van der Waals surface area contributed by atoms with Crippen LogP contribution >= 0.6 is 0 Å². The lowest BCUT2D eigenvalue weighted by atomic mass is 10.0. The van der Waals surface area contributed by atoms with E-state index in [2.05, 4.69) is 52.5 Å². The van der Waals surface area contributed by atoms with Crippen molar-refractivity contribution in [1.82, 2.24) is 9.88 Å². The fraction of sp³-hybridized carbons (Fsp3) is 0.471. The molecule has 1 fully saturated rings. The maximum atomic E-state index is 4.68. The molecule has 1 saturated heterocycles. The number of anilines is 1. The van der Waals surface area contributed by atoms with E-state index in [1.54, 1.807) is 0 Å². The molecule has 3 rings (SSSR count). The largest absolute Gasteiger partial charge is 0.368 e. The van der Waals surface area contributed by atoms with E-state index >= 15 is 0 Å². The van der Waals surface area contributed by atoms with Gasteiger partial charge < -0.3 is 5.32 Å². The SMILES string of the molecule is CCN1CCCCC1CNc1ccc2ccccc2n1. The molecular weight excluding hydrogens is 246 g/mol. The summed E-state index contributed by atoms with van der Waals surface area (Å²) in [5.41, 5.74) is 1.06. The first-order valence-corrected chi connectivity index (χ1v) is 7.70. The molecule has 1 N–H and O–H groups in total. The zero-order valence-electron chi connectivity index (χ0n) is 12.2. The third-order valence-corrected chi connectivity index (χ3v) is 4.27. The highest BCUT2D eigenvalue weighted by Crippen LogP contribution is 2.18. The fourth-order valence-electron chi connectivity index (χ4n) is 3.09. The van der Waals surface area contributed by atoms with Gasteiger partial charge in [0, 0.05) is 18.0 Å². The smallest absolute Gasteiger partial charge is 0.126 e. The van der Waals surface area contributed by atoms with Gasteiger partial charge in [-0.3, -0.25) is 4.90 Å². The molecule has 0 bridgehead atoms. The van der Waals surface area contributed by atoms with Crippen LogP contribution in [0.4, 0.5) is 5.82 Å². The second-order valence-corrected chi connectivity index (χ2v) is 5.55. The number of hydrogen-bond donors (Lipinski definition) is 1. The summed E-state index contributed by atoms with van der Waals surface area (Å²) in [6, 6.07) is 13.1. The second-order valence-electron chi connectivity index (χ2n) is 5.55. The first kappa shape index (κ1) is 13.4. The van der Waals surface area contributed by atoms with Crippen molar-refractivity contribution in [1.29, 1.82) is 0 Å². The van der Waals surface area contributed by atoms with Crippen LogP contribution in [0.1, 0.15) is 26.2 Å². The van der Waals surface area contributed by atoms with Crippen molar-refractivity contribution in [3.8, 4) is 0 Å². The van der Waals surface area contributed by atoms with Gasteiger partial charge in [-0.2, -0.15) is 0 Å². The molecule has 0 radical (unpaired) electrons. The van der Waals surface area contributed by atoms with E-state index in [1.165, 1.54) is 31.2 Å². The first-order valence-electron chi connectivity index (χ1n) is 7.70. The normalized spacial score (nSPS) is 20.1. The number of aromatic nitrogens is 1. The molecule has 1 aliphatic rings. The Morgan fingerprint density at radius 1 is 1.20 bits per heavy atom. The van der Waals surface area contributed by atoms with Crippen molar-refractivity contribution in [2.24, 2.45) is 0 Å². The number of pyridine rings is 1. The maximum absolute atomic E-state index is 4.68. The third kappa shape index (κ3) is 2.93. The number of piperidine rings is 1. The van der Waals surface area contributed by atoms with E-state index in [-0.39, 0.29) is 0 Å². The Morgan fingerprint density at radius 3 is 3.00 bits per heavy atom. The number of likely N-dealkylation sites (tertiary alicyclic amines) is 1. The number of benzene rings is 1. The molecule has 3 nitrogen and oxygen atoms in total. The van der Waals surface area contributed by atoms with Crippen molar-refractivity contribution < 1.29 is 0 Å². The number of nitrogens with one attached hydrogen (secondary N) is 1. The maximum Gasteiger partial charge on any atom is 0.126 e. The van der Waals surface area contributed by atoms with Crippen LogP contribution in [0.15, 0.2) is 36.4 Å². The molecule has 1 aliphatic heterocycles. The number of fused-ring (bicyclic) bond motifs is 1. The van der Waals surface area contributed by atoms with Crippen LogP contribution in [0.2, 0.25) is 0 Å². The molecule has 0 saturated carbocycles. The molecule has 20 heavy (non-hydrogen) atoms. The predicted molar refractivity (Wildman–Crippen MR) is 85.1 cm³/mol. The lowest BCUT2D eigenvalue weighted by molar-refractivity contribution is 0.164. The molecule has 106 valence electrons. The van der Waals surface area contributed by atoms with Crippen LogP contribution in [-0.2, 0) is 0 Å². The highest BCUT2D eigenvalue weighted by Gasteiger charge is 2.20. The summed E-state index contributed by atoms with van der Waals surface area (Å²) in [5.74, 6) is 0.991. The van der Waals surface area contributed by atoms with E-state index in [4.69, 9.17) is 0 Å². The highest BCUT2D eigenvalue weighted by molar-refractivity contribution is 5.80. The summed E-state index contributed by atoms with van der Waals surface area (Å²) in [6.07, 6.45) is 4.00. The number of likely N-dealkylation sites (N-methyl/N-ethyl adjacent to an activating group) is 1. The molecule has 1 atom stereocenters. The minimum atomic E-state index is 0.655. The second kappa shape index (κ2) is 6.23. The van der Waals surface area contributed by atoms with Gasteiger partial charge in [-0.25, -0.2) is 4.98 Å². The van der Waals surface area contributed by atoms with Gasteiger partial charge in [-0.1, -0.05) is 31.5 Å². The molecule has 1 aromatic carbocycles. The van der Waals surface area contributed by atoms with Gasteiger partial charge in [0.25, 0.3) is 0 Å². The number of nitrogens with zero attached hydrogens (tertiary/aromatic N) is 2. The average Bonchev–Trinajstić information content (AvgIpc) is 2.53. The van der Waals surface area contributed by atoms with E-state index in [1.807, 2.05) is 6.07 Å². The summed E-state index contributed by atoms with van der Waals surface area (Å²) >= 11 is 0. The Hall–Kier alpha value is -1.61. The average molecular weight is 269 g/mol. The summed E-state index contributed by atoms with van der Waals surface area (Å²) in [4.78, 5) is 7.26. The van der Waals surface area contributed by atoms with E-state index in [0.29, 0.717) is 6.04 Å². The minimum Gasteiger partial charge on any atom is -0.368 e. The van der Waals surface area contributed by atoms with Crippen LogP contribution in [0.25, 0.3) is 10.9 Å². The van der Waals surface area contributed by atoms with Crippen molar-refractivity contribution in [2.45, 2.75) is 32.2 Å². The molecule has 0 spiro atoms. The molecule has 3 heteroatoms. The van der Waals surface area contributed by atoms with Crippen molar-refractivity contribution >= 4 is 16.7 Å². The number of hydrogen-bond acceptors (Lipinski definition) is 3. The topological polar surface area (TPSA) is 28.2 Å². The zero-order chi connectivity index (χ0) is 13.8. The van der Waals surface area contributed by atoms with Gasteiger partial charge >= 0.3 is 0 Å². The first-order chi connectivity index (χ1) is 9.86. The zero-order valence-corrected chi connectivity index (χ0v) is 12.2. The Kier molecular flexibility index (Phi) is 4.16. The van der Waals surface area contributed by atoms with Gasteiger partial charge in [0.2, 0.25) is 0 Å². The summed E-state index contributed by atoms with van der Waals surface area (Å²) in [5, 5.41) is 4.72. The number of para-hydroxylation sites is 1. The third-order valence-electron chi connectivity index (χ3n) is 4.27. The summed E-state index contributed by atoms with van der Waals surface area (Å²) in [7, 11) is 0. The van der Waals surface area contributed by atoms with Crippen molar-refractivity contribution in [2.75, 3.05) is 25.0 Å². The highest BCUT2D eigenvalue weighted by atomic mass is 15.2. The fourth-order valence-corrected chi connectivity index (χ4v) is 3.09. The standard InChI is InChI=1S/C17H23N3/c1-2-20-12-6-5-8-15(20)13-18-17-11-10-14-7-3-4-9-16(14)19-17/h3-4,7,9-11,15H,2,5-6,8,12-13H2,1H3,(H,18,19). The molecule has 2 aromatic rings. The molecule has 2 heterocycles. The Morgan fingerprint density at radius 2 is 2.10 bits per heavy atom. The van der Waals surface area contributed by atoms with Gasteiger partial charge in [-0.15, -0.1) is 0 Å². The predicted octanol–water partition coefficient (Wildman–Crippen LogP) is 3.52. The lowest BCUT2D eigenvalue weighted by Crippen LogP contribution is -2.43. The quantitative estimate of drug-likeness (QED) is 0.920. The van der Waals surface area contributed by atoms with E-state index < -0.39 is 0 Å². The number of rotatable bonds is 4. The Balaban J connectivity index is 1.67. The molecule has 1 unspecified atom stereocenters. The van der Waals surface area contributed by atoms with Crippen LogP contribution in [0.5, 0.6) is 0 Å². The van der Waals surface area contributed by atoms with E-state index in [0.717, 1.165) is 24.4 Å². The van der Waals surface area contributed by atoms with E-state index in [9.17, 15) is 0 Å². The van der Waals surface area contributed by atoms with Gasteiger partial charge in [0.05, 0.1) is 5.52 Å². The van der Waals surface area contributed by atoms with Crippen molar-refractivity contribution in [3.63, 3.8) is 0 Å². The van der Waals surface area contributed by atoms with Crippen LogP contribution < -0.4 is 5.32 Å². The minimum absolute atomic E-state index is 0.655. The Labute approximate surface area is 121 Å². The molecular formula is C17H23N3. The van der Waals surface area contributed by atoms with Crippen molar-refractivity contribution in [3.05, 3.63) is 36.4 Å². The van der Waals surface area contributed by atoms with Gasteiger partial charge in [-0.05, 0) is 44.1 Å². The molecule has 0 aliphatic carbocycles. The van der Waals surface area contributed by atoms with Crippen LogP contribution in [0, 0.1) is 0 Å². The Bertz CT molecular complexity index is 567. The molecule has 0 amide bonds. The summed E-state index contributed by atoms with van der Waals surface area (Å²) in [6.45, 7) is 5.65. The molecule has 1 aromatic heterocycles. The lowest BCUT2D eigenvalue weighted by Gasteiger charge is -2.35. The van der Waals surface area contributed by atoms with Crippen LogP contribution in [0.3, 0.4) is 0 Å². The summed E-state index contributed by atoms with van der Waals surface area (Å²) < 4.78 is 0. The van der Waals surface area contributed by atoms with Gasteiger partial charge in [0.1, 0.15) is 5.82 Å². The van der Waals surface area contributed by atoms with Crippen LogP contribution in [-0.4, -0.2) is 35.6 Å².